The van der Waals surface area contributed by atoms with Gasteiger partial charge in [0, 0.05) is 17.2 Å². The average molecular weight is 627 g/mol. The highest BCUT2D eigenvalue weighted by Crippen LogP contribution is 2.38. The van der Waals surface area contributed by atoms with Gasteiger partial charge < -0.3 is 4.74 Å². The number of hydrogen-bond donors (Lipinski definition) is 0. The van der Waals surface area contributed by atoms with E-state index >= 15 is 8.78 Å². The van der Waals surface area contributed by atoms with Gasteiger partial charge in [-0.15, -0.1) is 6.58 Å². The summed E-state index contributed by atoms with van der Waals surface area (Å²) >= 11 is 5.67. The molecule has 5 aromatic carbocycles. The van der Waals surface area contributed by atoms with Crippen molar-refractivity contribution in [3.63, 3.8) is 0 Å². The second kappa shape index (κ2) is 12.6. The Kier molecular flexibility index (Phi) is 8.83. The van der Waals surface area contributed by atoms with Gasteiger partial charge in [0.25, 0.3) is 0 Å². The molecule has 0 amide bonds. The van der Waals surface area contributed by atoms with Crippen LogP contribution in [0.3, 0.4) is 0 Å². The molecular formula is C35H22ClF7O. The number of aryl methyl sites for hydroxylation is 1. The number of benzene rings is 5. The summed E-state index contributed by atoms with van der Waals surface area (Å²) in [6.07, 6.45) is -1.27. The normalized spacial score (nSPS) is 11.5. The van der Waals surface area contributed by atoms with E-state index < -0.39 is 46.5 Å². The van der Waals surface area contributed by atoms with Crippen molar-refractivity contribution in [2.45, 2.75) is 19.0 Å². The highest BCUT2D eigenvalue weighted by molar-refractivity contribution is 6.30. The zero-order chi connectivity index (χ0) is 31.6. The van der Waals surface area contributed by atoms with Gasteiger partial charge in [0.05, 0.1) is 5.02 Å². The van der Waals surface area contributed by atoms with Gasteiger partial charge in [-0.25, -0.2) is 22.0 Å². The van der Waals surface area contributed by atoms with Gasteiger partial charge in [-0.1, -0.05) is 60.1 Å². The molecule has 0 saturated carbocycles. The molecular weight excluding hydrogens is 605 g/mol. The molecule has 9 heteroatoms. The number of rotatable bonds is 9. The lowest BCUT2D eigenvalue weighted by molar-refractivity contribution is -0.189. The van der Waals surface area contributed by atoms with Crippen molar-refractivity contribution in [2.24, 2.45) is 0 Å². The van der Waals surface area contributed by atoms with E-state index in [1.807, 2.05) is 0 Å². The van der Waals surface area contributed by atoms with E-state index in [4.69, 9.17) is 11.6 Å². The Bertz CT molecular complexity index is 1830. The number of allylic oxidation sites excluding steroid dienone is 1. The van der Waals surface area contributed by atoms with Crippen LogP contribution in [0.2, 0.25) is 5.02 Å². The van der Waals surface area contributed by atoms with Crippen LogP contribution < -0.4 is 4.74 Å². The maximum Gasteiger partial charge on any atom is 0.432 e. The van der Waals surface area contributed by atoms with Crippen LogP contribution >= 0.6 is 11.6 Å². The molecule has 0 radical (unpaired) electrons. The molecule has 0 N–H and O–H groups in total. The Morgan fingerprint density at radius 2 is 1.14 bits per heavy atom. The fourth-order valence-electron chi connectivity index (χ4n) is 4.72. The first kappa shape index (κ1) is 30.9. The Hall–Kier alpha value is -4.56. The van der Waals surface area contributed by atoms with Crippen LogP contribution in [-0.4, -0.2) is 0 Å². The van der Waals surface area contributed by atoms with Crippen molar-refractivity contribution in [1.82, 2.24) is 0 Å². The van der Waals surface area contributed by atoms with Crippen LogP contribution in [0.25, 0.3) is 33.4 Å². The first-order valence-electron chi connectivity index (χ1n) is 13.3. The largest absolute Gasteiger partial charge is 0.432 e. The second-order valence-electron chi connectivity index (χ2n) is 9.92. The molecule has 0 saturated heterocycles. The summed E-state index contributed by atoms with van der Waals surface area (Å²) in [4.78, 5) is 0. The van der Waals surface area contributed by atoms with E-state index in [9.17, 15) is 22.0 Å². The molecule has 0 unspecified atom stereocenters. The van der Waals surface area contributed by atoms with Crippen LogP contribution in [0.5, 0.6) is 5.75 Å². The lowest BCUT2D eigenvalue weighted by Crippen LogP contribution is -2.25. The van der Waals surface area contributed by atoms with E-state index in [1.165, 1.54) is 24.3 Å². The minimum Gasteiger partial charge on any atom is -0.429 e. The third kappa shape index (κ3) is 6.50. The fourth-order valence-corrected chi connectivity index (χ4v) is 4.84. The van der Waals surface area contributed by atoms with Crippen LogP contribution in [-0.2, 0) is 12.5 Å². The molecule has 0 bridgehead atoms. The molecule has 0 heterocycles. The van der Waals surface area contributed by atoms with Crippen molar-refractivity contribution in [3.8, 4) is 39.1 Å². The predicted octanol–water partition coefficient (Wildman–Crippen LogP) is 11.3. The molecule has 5 aromatic rings. The van der Waals surface area contributed by atoms with Crippen molar-refractivity contribution >= 4 is 11.6 Å². The van der Waals surface area contributed by atoms with Gasteiger partial charge >= 0.3 is 6.11 Å². The third-order valence-electron chi connectivity index (χ3n) is 6.95. The molecule has 0 atom stereocenters. The zero-order valence-electron chi connectivity index (χ0n) is 22.8. The van der Waals surface area contributed by atoms with E-state index in [0.717, 1.165) is 54.8 Å². The van der Waals surface area contributed by atoms with Crippen LogP contribution in [0.15, 0.2) is 104 Å². The summed E-state index contributed by atoms with van der Waals surface area (Å²) in [5.41, 5.74) is -0.0746. The lowest BCUT2D eigenvalue weighted by Gasteiger charge is -2.20. The highest BCUT2D eigenvalue weighted by Gasteiger charge is 2.41. The first-order chi connectivity index (χ1) is 21.0. The molecule has 0 aromatic heterocycles. The Labute approximate surface area is 253 Å². The monoisotopic (exact) mass is 626 g/mol. The smallest absolute Gasteiger partial charge is 0.429 e. The molecule has 1 nitrogen and oxygen atoms in total. The van der Waals surface area contributed by atoms with Crippen LogP contribution in [0.4, 0.5) is 30.7 Å². The summed E-state index contributed by atoms with van der Waals surface area (Å²) < 4.78 is 108. The van der Waals surface area contributed by atoms with Gasteiger partial charge in [0.2, 0.25) is 0 Å². The molecule has 0 fully saturated rings. The van der Waals surface area contributed by atoms with Crippen molar-refractivity contribution in [1.29, 1.82) is 0 Å². The van der Waals surface area contributed by atoms with Crippen molar-refractivity contribution < 1.29 is 35.5 Å². The summed E-state index contributed by atoms with van der Waals surface area (Å²) in [5, 5.41) is -0.135. The Morgan fingerprint density at radius 3 is 1.70 bits per heavy atom. The average Bonchev–Trinajstić information content (AvgIpc) is 2.97. The van der Waals surface area contributed by atoms with Gasteiger partial charge in [-0.3, -0.25) is 0 Å². The maximum atomic E-state index is 15.0. The molecule has 0 aliphatic carbocycles. The van der Waals surface area contributed by atoms with Gasteiger partial charge in [-0.05, 0) is 83.1 Å². The predicted molar refractivity (Wildman–Crippen MR) is 157 cm³/mol. The van der Waals surface area contributed by atoms with Crippen molar-refractivity contribution in [3.05, 3.63) is 149 Å². The van der Waals surface area contributed by atoms with E-state index in [1.54, 1.807) is 30.3 Å². The molecule has 0 aliphatic heterocycles. The lowest BCUT2D eigenvalue weighted by atomic mass is 9.99. The number of halogens is 8. The minimum absolute atomic E-state index is 0.0277. The highest BCUT2D eigenvalue weighted by atomic mass is 35.5. The number of hydrogen-bond acceptors (Lipinski definition) is 1. The second-order valence-corrected chi connectivity index (χ2v) is 10.3. The maximum absolute atomic E-state index is 15.0. The van der Waals surface area contributed by atoms with Gasteiger partial charge in [-0.2, -0.15) is 8.78 Å². The van der Waals surface area contributed by atoms with Gasteiger partial charge in [0.15, 0.2) is 0 Å². The first-order valence-corrected chi connectivity index (χ1v) is 13.7. The Balaban J connectivity index is 1.36. The zero-order valence-corrected chi connectivity index (χ0v) is 23.5. The summed E-state index contributed by atoms with van der Waals surface area (Å²) in [6.45, 7) is 3.66. The number of ether oxygens (including phenoxy) is 1. The quantitative estimate of drug-likeness (QED) is 0.117. The topological polar surface area (TPSA) is 9.23 Å². The van der Waals surface area contributed by atoms with Crippen molar-refractivity contribution in [2.75, 3.05) is 0 Å². The van der Waals surface area contributed by atoms with Crippen LogP contribution in [0.1, 0.15) is 17.5 Å². The Morgan fingerprint density at radius 1 is 0.614 bits per heavy atom. The molecule has 0 spiro atoms. The molecule has 5 rings (SSSR count). The number of alkyl halides is 2. The molecule has 0 aliphatic rings. The molecule has 44 heavy (non-hydrogen) atoms. The third-order valence-corrected chi connectivity index (χ3v) is 7.26. The minimum atomic E-state index is -4.50. The fraction of sp³-hybridized carbons (Fsp3) is 0.0857. The van der Waals surface area contributed by atoms with E-state index in [-0.39, 0.29) is 32.8 Å². The molecule has 224 valence electrons. The van der Waals surface area contributed by atoms with Crippen LogP contribution in [0, 0.1) is 29.1 Å². The SMILES string of the molecule is C=CCCc1ccc(-c2cc(F)c(C(F)(F)Oc3ccc(-c4ccc(-c5ccc(Cl)c(F)c5)c(F)c4)c(F)c3)c(F)c2)cc1. The summed E-state index contributed by atoms with van der Waals surface area (Å²) in [5.74, 6) is -6.41. The standard InChI is InChI=1S/C35H22ClF7O/c1-2-3-4-20-5-7-21(8-6-20)24-17-32(40)34(33(41)18-24)35(42,43)44-25-11-13-27(30(38)19-25)22-9-12-26(29(37)15-22)23-10-14-28(36)31(39)16-23/h2,5-19H,1,3-4H2. The van der Waals surface area contributed by atoms with E-state index in [2.05, 4.69) is 11.3 Å². The summed E-state index contributed by atoms with van der Waals surface area (Å²) in [7, 11) is 0. The summed E-state index contributed by atoms with van der Waals surface area (Å²) in [6, 6.07) is 18.3. The van der Waals surface area contributed by atoms with Gasteiger partial charge in [0.1, 0.15) is 40.4 Å². The van der Waals surface area contributed by atoms with E-state index in [0.29, 0.717) is 11.6 Å².